The average molecular weight is 371 g/mol. The minimum atomic E-state index is -0.301. The van der Waals surface area contributed by atoms with E-state index in [1.54, 1.807) is 0 Å². The molecule has 0 radical (unpaired) electrons. The summed E-state index contributed by atoms with van der Waals surface area (Å²) in [5.74, 6) is 0.0270. The minimum Gasteiger partial charge on any atom is -0.466 e. The topological polar surface area (TPSA) is 52.6 Å². The van der Waals surface area contributed by atoms with Crippen LogP contribution in [0.2, 0.25) is 0 Å². The number of rotatable bonds is 18. The molecular formula is C22H42O4. The van der Waals surface area contributed by atoms with Crippen molar-refractivity contribution < 1.29 is 19.1 Å². The van der Waals surface area contributed by atoms with E-state index in [9.17, 15) is 9.59 Å². The van der Waals surface area contributed by atoms with Crippen molar-refractivity contribution in [2.24, 2.45) is 5.92 Å². The van der Waals surface area contributed by atoms with E-state index in [1.165, 1.54) is 51.4 Å². The monoisotopic (exact) mass is 370 g/mol. The predicted molar refractivity (Wildman–Crippen MR) is 107 cm³/mol. The largest absolute Gasteiger partial charge is 0.466 e. The fourth-order valence-corrected chi connectivity index (χ4v) is 2.80. The maximum Gasteiger partial charge on any atom is 0.306 e. The summed E-state index contributed by atoms with van der Waals surface area (Å²) in [6.45, 7) is 7.45. The van der Waals surface area contributed by atoms with Gasteiger partial charge in [-0.2, -0.15) is 0 Å². The van der Waals surface area contributed by atoms with E-state index in [4.69, 9.17) is 9.47 Å². The third-order valence-electron chi connectivity index (χ3n) is 4.48. The number of unbranched alkanes of at least 4 members (excludes halogenated alkanes) is 9. The number of hydrogen-bond acceptors (Lipinski definition) is 4. The summed E-state index contributed by atoms with van der Waals surface area (Å²) in [7, 11) is 0. The molecule has 0 aliphatic heterocycles. The highest BCUT2D eigenvalue weighted by Gasteiger charge is 2.09. The van der Waals surface area contributed by atoms with Crippen molar-refractivity contribution in [2.45, 2.75) is 111 Å². The van der Waals surface area contributed by atoms with Gasteiger partial charge in [-0.3, -0.25) is 9.59 Å². The molecule has 0 aromatic carbocycles. The number of esters is 2. The molecule has 0 N–H and O–H groups in total. The third-order valence-corrected chi connectivity index (χ3v) is 4.48. The molecule has 0 heterocycles. The summed E-state index contributed by atoms with van der Waals surface area (Å²) in [6.07, 6.45) is 14.8. The number of ether oxygens (including phenoxy) is 2. The molecule has 154 valence electrons. The first kappa shape index (κ1) is 24.9. The molecule has 26 heavy (non-hydrogen) atoms. The summed E-state index contributed by atoms with van der Waals surface area (Å²) < 4.78 is 10.3. The van der Waals surface area contributed by atoms with Crippen molar-refractivity contribution in [3.8, 4) is 0 Å². The molecule has 0 saturated heterocycles. The predicted octanol–water partition coefficient (Wildman–Crippen LogP) is 6.21. The smallest absolute Gasteiger partial charge is 0.306 e. The average Bonchev–Trinajstić information content (AvgIpc) is 2.61. The quantitative estimate of drug-likeness (QED) is 0.212. The van der Waals surface area contributed by atoms with Crippen molar-refractivity contribution in [2.75, 3.05) is 13.2 Å². The van der Waals surface area contributed by atoms with Gasteiger partial charge >= 0.3 is 11.9 Å². The second-order valence-corrected chi connectivity index (χ2v) is 7.66. The first-order chi connectivity index (χ1) is 12.6. The molecule has 0 atom stereocenters. The van der Waals surface area contributed by atoms with Crippen LogP contribution in [0.25, 0.3) is 0 Å². The Hall–Kier alpha value is -1.06. The molecule has 0 rings (SSSR count). The zero-order valence-electron chi connectivity index (χ0n) is 17.5. The number of carbonyl (C=O) groups is 2. The van der Waals surface area contributed by atoms with Crippen molar-refractivity contribution in [3.63, 3.8) is 0 Å². The van der Waals surface area contributed by atoms with E-state index >= 15 is 0 Å². The SMILES string of the molecule is CCCCCCCCCCCCOC(=O)CCC(=O)OCCCC(C)C. The van der Waals surface area contributed by atoms with E-state index in [0.29, 0.717) is 19.1 Å². The van der Waals surface area contributed by atoms with E-state index in [1.807, 2.05) is 0 Å². The fraction of sp³-hybridized carbons (Fsp3) is 0.909. The van der Waals surface area contributed by atoms with Crippen LogP contribution < -0.4 is 0 Å². The van der Waals surface area contributed by atoms with Crippen LogP contribution in [0.3, 0.4) is 0 Å². The lowest BCUT2D eigenvalue weighted by atomic mass is 10.1. The maximum absolute atomic E-state index is 11.6. The minimum absolute atomic E-state index is 0.124. The Morgan fingerprint density at radius 2 is 1.08 bits per heavy atom. The van der Waals surface area contributed by atoms with Crippen LogP contribution in [0.1, 0.15) is 111 Å². The summed E-state index contributed by atoms with van der Waals surface area (Å²) in [4.78, 5) is 23.1. The molecule has 0 fully saturated rings. The molecule has 0 spiro atoms. The van der Waals surface area contributed by atoms with Crippen molar-refractivity contribution in [1.29, 1.82) is 0 Å². The third kappa shape index (κ3) is 19.3. The van der Waals surface area contributed by atoms with Gasteiger partial charge in [0.25, 0.3) is 0 Å². The van der Waals surface area contributed by atoms with E-state index in [0.717, 1.165) is 25.7 Å². The summed E-state index contributed by atoms with van der Waals surface area (Å²) in [5, 5.41) is 0. The van der Waals surface area contributed by atoms with Gasteiger partial charge in [-0.15, -0.1) is 0 Å². The Morgan fingerprint density at radius 1 is 0.654 bits per heavy atom. The molecule has 0 aliphatic carbocycles. The zero-order chi connectivity index (χ0) is 19.5. The van der Waals surface area contributed by atoms with Crippen LogP contribution in [0.5, 0.6) is 0 Å². The van der Waals surface area contributed by atoms with Gasteiger partial charge < -0.3 is 9.47 Å². The molecule has 0 aromatic heterocycles. The van der Waals surface area contributed by atoms with Gasteiger partial charge in [0.05, 0.1) is 26.1 Å². The van der Waals surface area contributed by atoms with Gasteiger partial charge in [0.1, 0.15) is 0 Å². The zero-order valence-corrected chi connectivity index (χ0v) is 17.5. The van der Waals surface area contributed by atoms with Crippen LogP contribution in [0.15, 0.2) is 0 Å². The summed E-state index contributed by atoms with van der Waals surface area (Å²) >= 11 is 0. The second-order valence-electron chi connectivity index (χ2n) is 7.66. The van der Waals surface area contributed by atoms with E-state index in [2.05, 4.69) is 20.8 Å². The molecule has 0 saturated carbocycles. The van der Waals surface area contributed by atoms with E-state index < -0.39 is 0 Å². The summed E-state index contributed by atoms with van der Waals surface area (Å²) in [5.41, 5.74) is 0. The van der Waals surface area contributed by atoms with Gasteiger partial charge in [-0.25, -0.2) is 0 Å². The van der Waals surface area contributed by atoms with Crippen molar-refractivity contribution in [1.82, 2.24) is 0 Å². The van der Waals surface area contributed by atoms with Crippen molar-refractivity contribution in [3.05, 3.63) is 0 Å². The molecule has 0 unspecified atom stereocenters. The van der Waals surface area contributed by atoms with E-state index in [-0.39, 0.29) is 24.8 Å². The van der Waals surface area contributed by atoms with Crippen LogP contribution in [0, 0.1) is 5.92 Å². The molecule has 0 amide bonds. The number of carbonyl (C=O) groups excluding carboxylic acids is 2. The normalized spacial score (nSPS) is 10.9. The molecule has 4 nitrogen and oxygen atoms in total. The molecule has 4 heteroatoms. The molecule has 0 bridgehead atoms. The Balaban J connectivity index is 3.32. The molecular weight excluding hydrogens is 328 g/mol. The maximum atomic E-state index is 11.6. The highest BCUT2D eigenvalue weighted by molar-refractivity contribution is 5.77. The van der Waals surface area contributed by atoms with Gasteiger partial charge in [-0.05, 0) is 25.2 Å². The Morgan fingerprint density at radius 3 is 1.54 bits per heavy atom. The standard InChI is InChI=1S/C22H42O4/c1-4-5-6-7-8-9-10-11-12-13-18-25-21(23)16-17-22(24)26-19-14-15-20(2)3/h20H,4-19H2,1-3H3. The van der Waals surface area contributed by atoms with Gasteiger partial charge in [0.2, 0.25) is 0 Å². The number of hydrogen-bond donors (Lipinski definition) is 0. The van der Waals surface area contributed by atoms with Gasteiger partial charge in [0, 0.05) is 0 Å². The lowest BCUT2D eigenvalue weighted by molar-refractivity contribution is -0.150. The van der Waals surface area contributed by atoms with Crippen molar-refractivity contribution >= 4 is 11.9 Å². The first-order valence-electron chi connectivity index (χ1n) is 10.9. The molecule has 0 aromatic rings. The lowest BCUT2D eigenvalue weighted by Gasteiger charge is -2.07. The molecule has 0 aliphatic rings. The van der Waals surface area contributed by atoms with Crippen LogP contribution in [0.4, 0.5) is 0 Å². The lowest BCUT2D eigenvalue weighted by Crippen LogP contribution is -2.11. The Kier molecular flexibility index (Phi) is 18.0. The van der Waals surface area contributed by atoms with Crippen LogP contribution in [-0.2, 0) is 19.1 Å². The highest BCUT2D eigenvalue weighted by atomic mass is 16.5. The second kappa shape index (κ2) is 18.7. The van der Waals surface area contributed by atoms with Crippen LogP contribution >= 0.6 is 0 Å². The fourth-order valence-electron chi connectivity index (χ4n) is 2.80. The Bertz CT molecular complexity index is 339. The van der Waals surface area contributed by atoms with Gasteiger partial charge in [-0.1, -0.05) is 78.6 Å². The first-order valence-corrected chi connectivity index (χ1v) is 10.9. The van der Waals surface area contributed by atoms with Crippen LogP contribution in [-0.4, -0.2) is 25.2 Å². The van der Waals surface area contributed by atoms with Gasteiger partial charge in [0.15, 0.2) is 0 Å². The Labute approximate surface area is 161 Å². The summed E-state index contributed by atoms with van der Waals surface area (Å²) in [6, 6.07) is 0. The highest BCUT2D eigenvalue weighted by Crippen LogP contribution is 2.10.